The number of aromatic carboxylic acids is 1. The monoisotopic (exact) mass is 239 g/mol. The van der Waals surface area contributed by atoms with Gasteiger partial charge in [-0.25, -0.2) is 9.18 Å². The number of halogens is 1. The summed E-state index contributed by atoms with van der Waals surface area (Å²) in [6.07, 6.45) is 0.216. The predicted octanol–water partition coefficient (Wildman–Crippen LogP) is 2.51. The van der Waals surface area contributed by atoms with Crippen molar-refractivity contribution in [1.82, 2.24) is 0 Å². The molecule has 0 unspecified atom stereocenters. The topological polar surface area (TPSA) is 66.4 Å². The second-order valence-electron chi connectivity index (χ2n) is 4.11. The number of carbonyl (C=O) groups excluding carboxylic acids is 1. The number of benzene rings is 1. The van der Waals surface area contributed by atoms with Crippen LogP contribution in [-0.2, 0) is 4.79 Å². The molecule has 1 rings (SSSR count). The summed E-state index contributed by atoms with van der Waals surface area (Å²) >= 11 is 0. The molecule has 4 nitrogen and oxygen atoms in total. The zero-order chi connectivity index (χ0) is 13.0. The summed E-state index contributed by atoms with van der Waals surface area (Å²) in [5, 5.41) is 11.2. The highest BCUT2D eigenvalue weighted by Gasteiger charge is 2.16. The van der Waals surface area contributed by atoms with Crippen molar-refractivity contribution < 1.29 is 19.1 Å². The zero-order valence-electron chi connectivity index (χ0n) is 9.66. The Morgan fingerprint density at radius 3 is 2.59 bits per heavy atom. The third-order valence-corrected chi connectivity index (χ3v) is 2.10. The van der Waals surface area contributed by atoms with Gasteiger partial charge in [0.15, 0.2) is 0 Å². The molecule has 2 N–H and O–H groups in total. The second kappa shape index (κ2) is 5.43. The lowest BCUT2D eigenvalue weighted by Crippen LogP contribution is -2.17. The normalized spacial score (nSPS) is 10.4. The van der Waals surface area contributed by atoms with E-state index in [0.29, 0.717) is 0 Å². The summed E-state index contributed by atoms with van der Waals surface area (Å²) in [6.45, 7) is 3.69. The molecule has 0 saturated carbocycles. The second-order valence-corrected chi connectivity index (χ2v) is 4.11. The third-order valence-electron chi connectivity index (χ3n) is 2.10. The van der Waals surface area contributed by atoms with E-state index >= 15 is 0 Å². The van der Waals surface area contributed by atoms with Crippen molar-refractivity contribution in [1.29, 1.82) is 0 Å². The Kier molecular flexibility index (Phi) is 4.20. The number of rotatable bonds is 4. The molecule has 0 fully saturated rings. The quantitative estimate of drug-likeness (QED) is 0.848. The molecule has 1 amide bonds. The Balaban J connectivity index is 2.97. The molecule has 0 aromatic heterocycles. The van der Waals surface area contributed by atoms with Crippen molar-refractivity contribution in [3.8, 4) is 0 Å². The molecule has 0 bridgehead atoms. The molecule has 0 spiro atoms. The first kappa shape index (κ1) is 13.2. The van der Waals surface area contributed by atoms with Gasteiger partial charge in [-0.05, 0) is 18.1 Å². The average molecular weight is 239 g/mol. The van der Waals surface area contributed by atoms with Crippen LogP contribution in [0.25, 0.3) is 0 Å². The number of amides is 1. The molecule has 92 valence electrons. The van der Waals surface area contributed by atoms with Gasteiger partial charge in [0.25, 0.3) is 0 Å². The number of nitrogens with one attached hydrogen (secondary N) is 1. The molecule has 0 aliphatic rings. The Morgan fingerprint density at radius 1 is 1.41 bits per heavy atom. The molecule has 0 atom stereocenters. The summed E-state index contributed by atoms with van der Waals surface area (Å²) in [6, 6.07) is 3.64. The molecular weight excluding hydrogens is 225 g/mol. The van der Waals surface area contributed by atoms with Crippen molar-refractivity contribution >= 4 is 17.6 Å². The fraction of sp³-hybridized carbons (Fsp3) is 0.333. The van der Waals surface area contributed by atoms with Gasteiger partial charge in [0.2, 0.25) is 5.91 Å². The Morgan fingerprint density at radius 2 is 2.06 bits per heavy atom. The number of carboxylic acid groups (broad SMARTS) is 1. The summed E-state index contributed by atoms with van der Waals surface area (Å²) in [5.74, 6) is -2.30. The molecule has 17 heavy (non-hydrogen) atoms. The molecular formula is C12H14FNO3. The lowest BCUT2D eigenvalue weighted by Gasteiger charge is -2.10. The van der Waals surface area contributed by atoms with Crippen molar-refractivity contribution in [2.75, 3.05) is 5.32 Å². The van der Waals surface area contributed by atoms with E-state index in [9.17, 15) is 14.0 Å². The molecule has 1 aromatic rings. The number of anilines is 1. The summed E-state index contributed by atoms with van der Waals surface area (Å²) in [5.41, 5.74) is -0.521. The van der Waals surface area contributed by atoms with Crippen molar-refractivity contribution in [2.45, 2.75) is 20.3 Å². The fourth-order valence-corrected chi connectivity index (χ4v) is 1.39. The Labute approximate surface area is 98.5 Å². The van der Waals surface area contributed by atoms with Crippen LogP contribution in [0.1, 0.15) is 30.6 Å². The minimum Gasteiger partial charge on any atom is -0.478 e. The molecule has 5 heteroatoms. The van der Waals surface area contributed by atoms with E-state index in [1.165, 1.54) is 12.1 Å². The van der Waals surface area contributed by atoms with Crippen LogP contribution >= 0.6 is 0 Å². The number of carboxylic acids is 1. The molecule has 0 heterocycles. The summed E-state index contributed by atoms with van der Waals surface area (Å²) in [7, 11) is 0. The van der Waals surface area contributed by atoms with Gasteiger partial charge in [-0.2, -0.15) is 0 Å². The third kappa shape index (κ3) is 3.55. The fourth-order valence-electron chi connectivity index (χ4n) is 1.39. The van der Waals surface area contributed by atoms with Crippen LogP contribution in [0.2, 0.25) is 0 Å². The van der Waals surface area contributed by atoms with E-state index in [-0.39, 0.29) is 23.6 Å². The lowest BCUT2D eigenvalue weighted by atomic mass is 10.1. The van der Waals surface area contributed by atoms with Crippen molar-refractivity contribution in [3.05, 3.63) is 29.6 Å². The van der Waals surface area contributed by atoms with Crippen LogP contribution in [0.5, 0.6) is 0 Å². The van der Waals surface area contributed by atoms with Gasteiger partial charge in [0, 0.05) is 6.42 Å². The highest BCUT2D eigenvalue weighted by atomic mass is 19.1. The van der Waals surface area contributed by atoms with Gasteiger partial charge < -0.3 is 10.4 Å². The van der Waals surface area contributed by atoms with E-state index in [1.807, 2.05) is 13.8 Å². The van der Waals surface area contributed by atoms with E-state index in [1.54, 1.807) is 0 Å². The summed E-state index contributed by atoms with van der Waals surface area (Å²) < 4.78 is 13.4. The van der Waals surface area contributed by atoms with Crippen LogP contribution in [-0.4, -0.2) is 17.0 Å². The zero-order valence-corrected chi connectivity index (χ0v) is 9.66. The standard InChI is InChI=1S/C12H14FNO3/c1-7(2)6-10(15)14-11-8(12(16)17)4-3-5-9(11)13/h3-5,7H,6H2,1-2H3,(H,14,15)(H,16,17). The molecule has 0 aliphatic heterocycles. The predicted molar refractivity (Wildman–Crippen MR) is 61.4 cm³/mol. The van der Waals surface area contributed by atoms with Gasteiger partial charge in [0.1, 0.15) is 5.82 Å². The highest BCUT2D eigenvalue weighted by Crippen LogP contribution is 2.20. The van der Waals surface area contributed by atoms with E-state index < -0.39 is 17.7 Å². The molecule has 1 aromatic carbocycles. The van der Waals surface area contributed by atoms with E-state index in [0.717, 1.165) is 6.07 Å². The SMILES string of the molecule is CC(C)CC(=O)Nc1c(F)cccc1C(=O)O. The van der Waals surface area contributed by atoms with Crippen LogP contribution in [0.3, 0.4) is 0 Å². The van der Waals surface area contributed by atoms with E-state index in [2.05, 4.69) is 5.32 Å². The first-order chi connectivity index (χ1) is 7.91. The van der Waals surface area contributed by atoms with Crippen LogP contribution in [0.15, 0.2) is 18.2 Å². The number of hydrogen-bond acceptors (Lipinski definition) is 2. The van der Waals surface area contributed by atoms with Crippen LogP contribution < -0.4 is 5.32 Å². The van der Waals surface area contributed by atoms with Gasteiger partial charge in [-0.15, -0.1) is 0 Å². The molecule has 0 aliphatic carbocycles. The van der Waals surface area contributed by atoms with E-state index in [4.69, 9.17) is 5.11 Å². The maximum atomic E-state index is 13.4. The number of para-hydroxylation sites is 1. The van der Waals surface area contributed by atoms with Gasteiger partial charge >= 0.3 is 5.97 Å². The van der Waals surface area contributed by atoms with Gasteiger partial charge in [-0.3, -0.25) is 4.79 Å². The van der Waals surface area contributed by atoms with Crippen LogP contribution in [0, 0.1) is 11.7 Å². The maximum Gasteiger partial charge on any atom is 0.337 e. The largest absolute Gasteiger partial charge is 0.478 e. The first-order valence-corrected chi connectivity index (χ1v) is 5.23. The minimum atomic E-state index is -1.27. The van der Waals surface area contributed by atoms with Gasteiger partial charge in [-0.1, -0.05) is 19.9 Å². The maximum absolute atomic E-state index is 13.4. The molecule has 0 radical (unpaired) electrons. The van der Waals surface area contributed by atoms with Crippen molar-refractivity contribution in [2.24, 2.45) is 5.92 Å². The van der Waals surface area contributed by atoms with Gasteiger partial charge in [0.05, 0.1) is 11.3 Å². The van der Waals surface area contributed by atoms with Crippen molar-refractivity contribution in [3.63, 3.8) is 0 Å². The Bertz CT molecular complexity index is 443. The minimum absolute atomic E-state index is 0.120. The highest BCUT2D eigenvalue weighted by molar-refractivity contribution is 6.00. The Hall–Kier alpha value is -1.91. The van der Waals surface area contributed by atoms with Crippen LogP contribution in [0.4, 0.5) is 10.1 Å². The lowest BCUT2D eigenvalue weighted by molar-refractivity contribution is -0.116. The smallest absolute Gasteiger partial charge is 0.337 e. The molecule has 0 saturated heterocycles. The number of hydrogen-bond donors (Lipinski definition) is 2. The first-order valence-electron chi connectivity index (χ1n) is 5.23. The average Bonchev–Trinajstić information content (AvgIpc) is 2.19. The number of carbonyl (C=O) groups is 2. The summed E-state index contributed by atoms with van der Waals surface area (Å²) in [4.78, 5) is 22.3.